The smallest absolute Gasteiger partial charge is 0.230 e. The van der Waals surface area contributed by atoms with E-state index < -0.39 is 0 Å². The molecule has 3 aliphatic heterocycles. The molecule has 2 saturated heterocycles. The van der Waals surface area contributed by atoms with Crippen LogP contribution in [0.2, 0.25) is 0 Å². The van der Waals surface area contributed by atoms with Crippen molar-refractivity contribution in [2.75, 3.05) is 37.6 Å². The van der Waals surface area contributed by atoms with Gasteiger partial charge in [-0.1, -0.05) is 31.0 Å². The predicted octanol–water partition coefficient (Wildman–Crippen LogP) is 3.60. The fraction of sp³-hybridized carbons (Fsp3) is 0.696. The Hall–Kier alpha value is -1.39. The number of carbonyl (C=O) groups is 1. The van der Waals surface area contributed by atoms with Crippen molar-refractivity contribution in [3.63, 3.8) is 0 Å². The number of nitrogens with one attached hydrogen (secondary N) is 1. The van der Waals surface area contributed by atoms with Crippen LogP contribution in [0, 0.1) is 5.92 Å². The Bertz CT molecular complexity index is 620. The molecule has 0 aromatic heterocycles. The molecule has 27 heavy (non-hydrogen) atoms. The lowest BCUT2D eigenvalue weighted by molar-refractivity contribution is -0.123. The van der Waals surface area contributed by atoms with Crippen LogP contribution in [-0.2, 0) is 11.2 Å². The number of fused-ring (bicyclic) bond motifs is 1. The van der Waals surface area contributed by atoms with Gasteiger partial charge in [-0.25, -0.2) is 0 Å². The number of nitrogens with zero attached hydrogens (tertiary/aromatic N) is 2. The number of benzene rings is 1. The van der Waals surface area contributed by atoms with Gasteiger partial charge in [0.05, 0.1) is 0 Å². The summed E-state index contributed by atoms with van der Waals surface area (Å²) in [6.07, 6.45) is 10.7. The van der Waals surface area contributed by atoms with Crippen molar-refractivity contribution < 1.29 is 4.79 Å². The number of anilines is 1. The number of hydrogen-bond acceptors (Lipinski definition) is 3. The molecule has 3 aliphatic rings. The maximum atomic E-state index is 13.4. The number of unbranched alkanes of at least 4 members (excludes halogenated alkanes) is 1. The van der Waals surface area contributed by atoms with E-state index >= 15 is 0 Å². The average Bonchev–Trinajstić information content (AvgIpc) is 2.73. The summed E-state index contributed by atoms with van der Waals surface area (Å²) in [6.45, 7) is 5.82. The molecule has 0 radical (unpaired) electrons. The largest absolute Gasteiger partial charge is 0.317 e. The lowest BCUT2D eigenvalue weighted by atomic mass is 9.86. The lowest BCUT2D eigenvalue weighted by Gasteiger charge is -2.41. The van der Waals surface area contributed by atoms with Crippen LogP contribution >= 0.6 is 0 Å². The summed E-state index contributed by atoms with van der Waals surface area (Å²) >= 11 is 0. The van der Waals surface area contributed by atoms with Gasteiger partial charge in [0.1, 0.15) is 0 Å². The van der Waals surface area contributed by atoms with Crippen molar-refractivity contribution in [2.24, 2.45) is 5.92 Å². The molecular weight excluding hydrogens is 334 g/mol. The standard InChI is InChI=1S/C23H35N3O/c27-23-20(9-4-7-17-25-15-5-1-6-16-25)18-19-8-2-3-10-22(19)26(23)21-11-13-24-14-12-21/h2-3,8,10,20-21,24H,1,4-7,9,11-18H2/t20-/m1/s1. The number of carbonyl (C=O) groups excluding carboxylic acids is 1. The van der Waals surface area contributed by atoms with Gasteiger partial charge in [-0.15, -0.1) is 0 Å². The molecule has 1 aromatic carbocycles. The summed E-state index contributed by atoms with van der Waals surface area (Å²) in [5.74, 6) is 0.565. The monoisotopic (exact) mass is 369 g/mol. The minimum absolute atomic E-state index is 0.177. The van der Waals surface area contributed by atoms with Crippen LogP contribution in [0.25, 0.3) is 0 Å². The molecule has 0 unspecified atom stereocenters. The van der Waals surface area contributed by atoms with Crippen LogP contribution in [0.5, 0.6) is 0 Å². The normalized spacial score (nSPS) is 24.8. The lowest BCUT2D eigenvalue weighted by Crippen LogP contribution is -2.51. The molecule has 148 valence electrons. The minimum atomic E-state index is 0.177. The first kappa shape index (κ1) is 18.9. The van der Waals surface area contributed by atoms with Gasteiger partial charge in [-0.2, -0.15) is 0 Å². The third kappa shape index (κ3) is 4.55. The van der Waals surface area contributed by atoms with Gasteiger partial charge in [0.15, 0.2) is 0 Å². The second-order valence-corrected chi connectivity index (χ2v) is 8.62. The summed E-state index contributed by atoms with van der Waals surface area (Å²) in [6, 6.07) is 8.97. The van der Waals surface area contributed by atoms with E-state index in [-0.39, 0.29) is 5.92 Å². The van der Waals surface area contributed by atoms with Gasteiger partial charge in [0, 0.05) is 17.6 Å². The molecule has 0 saturated carbocycles. The first-order chi connectivity index (χ1) is 13.3. The molecule has 4 heteroatoms. The Morgan fingerprint density at radius 2 is 1.78 bits per heavy atom. The zero-order valence-electron chi connectivity index (χ0n) is 16.7. The van der Waals surface area contributed by atoms with E-state index in [1.165, 1.54) is 63.0 Å². The van der Waals surface area contributed by atoms with E-state index in [1.54, 1.807) is 0 Å². The highest BCUT2D eigenvalue weighted by Gasteiger charge is 2.36. The Balaban J connectivity index is 1.37. The van der Waals surface area contributed by atoms with Gasteiger partial charge >= 0.3 is 0 Å². The molecule has 1 amide bonds. The molecule has 0 bridgehead atoms. The molecule has 3 heterocycles. The second-order valence-electron chi connectivity index (χ2n) is 8.62. The highest BCUT2D eigenvalue weighted by Crippen LogP contribution is 2.35. The summed E-state index contributed by atoms with van der Waals surface area (Å²) in [4.78, 5) is 18.2. The number of likely N-dealkylation sites (tertiary alicyclic amines) is 1. The Labute approximate surface area is 164 Å². The van der Waals surface area contributed by atoms with Crippen LogP contribution in [0.1, 0.15) is 56.9 Å². The topological polar surface area (TPSA) is 35.6 Å². The average molecular weight is 370 g/mol. The first-order valence-corrected chi connectivity index (χ1v) is 11.2. The number of amides is 1. The summed E-state index contributed by atoms with van der Waals surface area (Å²) in [5.41, 5.74) is 2.55. The number of piperidine rings is 2. The second kappa shape index (κ2) is 9.20. The third-order valence-corrected chi connectivity index (χ3v) is 6.70. The number of para-hydroxylation sites is 1. The van der Waals surface area contributed by atoms with E-state index in [0.717, 1.165) is 38.8 Å². The molecule has 4 rings (SSSR count). The molecule has 0 aliphatic carbocycles. The highest BCUT2D eigenvalue weighted by molar-refractivity contribution is 5.98. The Kier molecular flexibility index (Phi) is 6.46. The molecular formula is C23H35N3O. The van der Waals surface area contributed by atoms with Crippen molar-refractivity contribution in [1.82, 2.24) is 10.2 Å². The van der Waals surface area contributed by atoms with Crippen molar-refractivity contribution in [1.29, 1.82) is 0 Å². The predicted molar refractivity (Wildman–Crippen MR) is 111 cm³/mol. The minimum Gasteiger partial charge on any atom is -0.317 e. The molecule has 1 atom stereocenters. The van der Waals surface area contributed by atoms with E-state index in [1.807, 2.05) is 0 Å². The van der Waals surface area contributed by atoms with Crippen LogP contribution < -0.4 is 10.2 Å². The van der Waals surface area contributed by atoms with Crippen LogP contribution in [0.15, 0.2) is 24.3 Å². The van der Waals surface area contributed by atoms with Gasteiger partial charge in [-0.3, -0.25) is 4.79 Å². The van der Waals surface area contributed by atoms with Crippen LogP contribution in [0.4, 0.5) is 5.69 Å². The van der Waals surface area contributed by atoms with Crippen LogP contribution in [-0.4, -0.2) is 49.6 Å². The van der Waals surface area contributed by atoms with Crippen molar-refractivity contribution in [3.8, 4) is 0 Å². The fourth-order valence-corrected chi connectivity index (χ4v) is 5.16. The molecule has 0 spiro atoms. The van der Waals surface area contributed by atoms with Crippen molar-refractivity contribution in [3.05, 3.63) is 29.8 Å². The van der Waals surface area contributed by atoms with Gasteiger partial charge in [0.25, 0.3) is 0 Å². The van der Waals surface area contributed by atoms with E-state index in [0.29, 0.717) is 11.9 Å². The highest BCUT2D eigenvalue weighted by atomic mass is 16.2. The first-order valence-electron chi connectivity index (χ1n) is 11.2. The molecule has 1 N–H and O–H groups in total. The molecule has 4 nitrogen and oxygen atoms in total. The maximum absolute atomic E-state index is 13.4. The summed E-state index contributed by atoms with van der Waals surface area (Å²) in [7, 11) is 0. The fourth-order valence-electron chi connectivity index (χ4n) is 5.16. The maximum Gasteiger partial charge on any atom is 0.230 e. The zero-order chi connectivity index (χ0) is 18.5. The van der Waals surface area contributed by atoms with Crippen LogP contribution in [0.3, 0.4) is 0 Å². The van der Waals surface area contributed by atoms with Gasteiger partial charge in [-0.05, 0) is 89.3 Å². The van der Waals surface area contributed by atoms with E-state index in [2.05, 4.69) is 39.4 Å². The number of hydrogen-bond donors (Lipinski definition) is 1. The Morgan fingerprint density at radius 3 is 2.59 bits per heavy atom. The van der Waals surface area contributed by atoms with Crippen molar-refractivity contribution >= 4 is 11.6 Å². The molecule has 2 fully saturated rings. The van der Waals surface area contributed by atoms with Gasteiger partial charge in [0.2, 0.25) is 5.91 Å². The summed E-state index contributed by atoms with van der Waals surface area (Å²) in [5, 5.41) is 3.43. The van der Waals surface area contributed by atoms with E-state index in [9.17, 15) is 4.79 Å². The van der Waals surface area contributed by atoms with E-state index in [4.69, 9.17) is 0 Å². The number of rotatable bonds is 6. The Morgan fingerprint density at radius 1 is 1.00 bits per heavy atom. The van der Waals surface area contributed by atoms with Crippen molar-refractivity contribution in [2.45, 2.75) is 63.8 Å². The quantitative estimate of drug-likeness (QED) is 0.778. The third-order valence-electron chi connectivity index (χ3n) is 6.70. The molecule has 1 aromatic rings. The zero-order valence-corrected chi connectivity index (χ0v) is 16.7. The summed E-state index contributed by atoms with van der Waals surface area (Å²) < 4.78 is 0. The van der Waals surface area contributed by atoms with Gasteiger partial charge < -0.3 is 15.1 Å². The SMILES string of the molecule is O=C1[C@H](CCCCN2CCCCC2)Cc2ccccc2N1C1CCNCC1.